The molecule has 0 aliphatic rings. The second-order valence-corrected chi connectivity index (χ2v) is 4.71. The smallest absolute Gasteiger partial charge is 0.113 e. The summed E-state index contributed by atoms with van der Waals surface area (Å²) in [6.07, 6.45) is 0. The fourth-order valence-corrected chi connectivity index (χ4v) is 2.08. The molecule has 2 N–H and O–H groups in total. The second kappa shape index (κ2) is 3.94. The van der Waals surface area contributed by atoms with Crippen molar-refractivity contribution >= 4 is 27.0 Å². The first-order valence-corrected chi connectivity index (χ1v) is 5.74. The van der Waals surface area contributed by atoms with Gasteiger partial charge in [-0.05, 0) is 18.2 Å². The molecule has 1 aromatic heterocycles. The monoisotopic (exact) mass is 267 g/mol. The zero-order valence-electron chi connectivity index (χ0n) is 8.87. The number of aromatic nitrogens is 2. The van der Waals surface area contributed by atoms with Gasteiger partial charge in [-0.25, -0.2) is 4.98 Å². The largest absolute Gasteiger partial charge is 0.331 e. The average Bonchev–Trinajstić information content (AvgIpc) is 2.55. The Bertz CT molecular complexity index is 490. The van der Waals surface area contributed by atoms with E-state index in [1.54, 1.807) is 0 Å². The van der Waals surface area contributed by atoms with E-state index in [2.05, 4.69) is 38.5 Å². The molecule has 0 fully saturated rings. The molecule has 3 nitrogen and oxygen atoms in total. The Labute approximate surface area is 97.4 Å². The van der Waals surface area contributed by atoms with Gasteiger partial charge in [0.1, 0.15) is 5.82 Å². The van der Waals surface area contributed by atoms with Crippen LogP contribution in [-0.2, 0) is 7.05 Å². The summed E-state index contributed by atoms with van der Waals surface area (Å²) >= 11 is 3.46. The molecule has 0 aliphatic carbocycles. The molecule has 2 rings (SSSR count). The Morgan fingerprint density at radius 3 is 2.93 bits per heavy atom. The van der Waals surface area contributed by atoms with Crippen LogP contribution in [0.4, 0.5) is 0 Å². The van der Waals surface area contributed by atoms with Crippen LogP contribution < -0.4 is 5.73 Å². The molecule has 0 saturated heterocycles. The lowest BCUT2D eigenvalue weighted by Crippen LogP contribution is -2.13. The minimum absolute atomic E-state index is 0.293. The lowest BCUT2D eigenvalue weighted by atomic mass is 10.2. The lowest BCUT2D eigenvalue weighted by Gasteiger charge is -2.07. The van der Waals surface area contributed by atoms with Crippen molar-refractivity contribution in [2.75, 3.05) is 6.54 Å². The van der Waals surface area contributed by atoms with Crippen molar-refractivity contribution in [2.24, 2.45) is 12.8 Å². The number of hydrogen-bond acceptors (Lipinski definition) is 2. The predicted octanol–water partition coefficient (Wildman–Crippen LogP) is 2.40. The van der Waals surface area contributed by atoms with Crippen LogP contribution in [0, 0.1) is 0 Å². The number of imidazole rings is 1. The van der Waals surface area contributed by atoms with Gasteiger partial charge in [-0.15, -0.1) is 0 Å². The summed E-state index contributed by atoms with van der Waals surface area (Å²) in [7, 11) is 2.03. The van der Waals surface area contributed by atoms with Crippen LogP contribution in [0.15, 0.2) is 22.7 Å². The summed E-state index contributed by atoms with van der Waals surface area (Å²) in [5.74, 6) is 1.34. The van der Waals surface area contributed by atoms with Gasteiger partial charge in [-0.2, -0.15) is 0 Å². The molecule has 15 heavy (non-hydrogen) atoms. The van der Waals surface area contributed by atoms with E-state index in [1.807, 2.05) is 19.2 Å². The normalized spacial score (nSPS) is 13.3. The highest BCUT2D eigenvalue weighted by molar-refractivity contribution is 9.10. The van der Waals surface area contributed by atoms with E-state index in [9.17, 15) is 0 Å². The fraction of sp³-hybridized carbons (Fsp3) is 0.364. The second-order valence-electron chi connectivity index (χ2n) is 3.80. The molecule has 1 unspecified atom stereocenters. The van der Waals surface area contributed by atoms with Gasteiger partial charge in [-0.1, -0.05) is 22.9 Å². The van der Waals surface area contributed by atoms with E-state index in [-0.39, 0.29) is 0 Å². The van der Waals surface area contributed by atoms with Crippen LogP contribution in [0.5, 0.6) is 0 Å². The van der Waals surface area contributed by atoms with Crippen molar-refractivity contribution in [3.63, 3.8) is 0 Å². The van der Waals surface area contributed by atoms with E-state index >= 15 is 0 Å². The minimum Gasteiger partial charge on any atom is -0.331 e. The van der Waals surface area contributed by atoms with Gasteiger partial charge in [0.2, 0.25) is 0 Å². The van der Waals surface area contributed by atoms with Gasteiger partial charge >= 0.3 is 0 Å². The number of hydrogen-bond donors (Lipinski definition) is 1. The van der Waals surface area contributed by atoms with E-state index in [4.69, 9.17) is 5.73 Å². The third-order valence-corrected chi connectivity index (χ3v) is 3.17. The van der Waals surface area contributed by atoms with E-state index in [0.29, 0.717) is 12.5 Å². The van der Waals surface area contributed by atoms with E-state index in [1.165, 1.54) is 0 Å². The molecule has 0 saturated carbocycles. The number of benzene rings is 1. The van der Waals surface area contributed by atoms with Crippen molar-refractivity contribution in [3.8, 4) is 0 Å². The highest BCUT2D eigenvalue weighted by Gasteiger charge is 2.12. The number of fused-ring (bicyclic) bond motifs is 1. The zero-order valence-corrected chi connectivity index (χ0v) is 10.5. The quantitative estimate of drug-likeness (QED) is 0.908. The maximum atomic E-state index is 5.66. The maximum Gasteiger partial charge on any atom is 0.113 e. The molecule has 0 amide bonds. The SMILES string of the molecule is CC(CN)c1nc2ccc(Br)cc2n1C. The lowest BCUT2D eigenvalue weighted by molar-refractivity contribution is 0.676. The number of nitrogens with zero attached hydrogens (tertiary/aromatic N) is 2. The van der Waals surface area contributed by atoms with Crippen molar-refractivity contribution in [1.82, 2.24) is 9.55 Å². The van der Waals surface area contributed by atoms with Gasteiger partial charge in [-0.3, -0.25) is 0 Å². The molecular weight excluding hydrogens is 254 g/mol. The molecule has 80 valence electrons. The summed E-state index contributed by atoms with van der Waals surface area (Å²) in [6, 6.07) is 6.10. The molecule has 1 atom stereocenters. The van der Waals surface area contributed by atoms with Gasteiger partial charge in [0.05, 0.1) is 11.0 Å². The molecule has 0 radical (unpaired) electrons. The van der Waals surface area contributed by atoms with E-state index in [0.717, 1.165) is 21.3 Å². The molecule has 2 aromatic rings. The summed E-state index contributed by atoms with van der Waals surface area (Å²) in [5, 5.41) is 0. The van der Waals surface area contributed by atoms with Crippen LogP contribution in [0.3, 0.4) is 0 Å². The zero-order chi connectivity index (χ0) is 11.0. The highest BCUT2D eigenvalue weighted by Crippen LogP contribution is 2.23. The molecule has 0 aliphatic heterocycles. The predicted molar refractivity (Wildman–Crippen MR) is 65.9 cm³/mol. The Kier molecular flexibility index (Phi) is 2.80. The van der Waals surface area contributed by atoms with Crippen LogP contribution in [0.1, 0.15) is 18.7 Å². The maximum absolute atomic E-state index is 5.66. The van der Waals surface area contributed by atoms with Gasteiger partial charge in [0.25, 0.3) is 0 Å². The van der Waals surface area contributed by atoms with Crippen molar-refractivity contribution in [2.45, 2.75) is 12.8 Å². The van der Waals surface area contributed by atoms with Crippen LogP contribution in [-0.4, -0.2) is 16.1 Å². The summed E-state index contributed by atoms with van der Waals surface area (Å²) in [4.78, 5) is 4.59. The fourth-order valence-electron chi connectivity index (χ4n) is 1.73. The van der Waals surface area contributed by atoms with Gasteiger partial charge < -0.3 is 10.3 Å². The van der Waals surface area contributed by atoms with Crippen molar-refractivity contribution in [3.05, 3.63) is 28.5 Å². The van der Waals surface area contributed by atoms with Gasteiger partial charge in [0, 0.05) is 24.0 Å². The third-order valence-electron chi connectivity index (χ3n) is 2.67. The summed E-state index contributed by atoms with van der Waals surface area (Å²) in [5.41, 5.74) is 7.82. The van der Waals surface area contributed by atoms with E-state index < -0.39 is 0 Å². The molecular formula is C11H14BrN3. The molecule has 0 spiro atoms. The van der Waals surface area contributed by atoms with Gasteiger partial charge in [0.15, 0.2) is 0 Å². The number of rotatable bonds is 2. The number of nitrogens with two attached hydrogens (primary N) is 1. The molecule has 1 heterocycles. The minimum atomic E-state index is 0.293. The Morgan fingerprint density at radius 1 is 1.53 bits per heavy atom. The van der Waals surface area contributed by atoms with Crippen LogP contribution >= 0.6 is 15.9 Å². The molecule has 1 aromatic carbocycles. The Hall–Kier alpha value is -0.870. The van der Waals surface area contributed by atoms with Crippen molar-refractivity contribution in [1.29, 1.82) is 0 Å². The Morgan fingerprint density at radius 2 is 2.27 bits per heavy atom. The standard InChI is InChI=1S/C11H14BrN3/c1-7(6-13)11-14-9-4-3-8(12)5-10(9)15(11)2/h3-5,7H,6,13H2,1-2H3. The molecule has 4 heteroatoms. The first-order valence-electron chi connectivity index (χ1n) is 4.95. The highest BCUT2D eigenvalue weighted by atomic mass is 79.9. The Balaban J connectivity index is 2.64. The summed E-state index contributed by atoms with van der Waals surface area (Å²) < 4.78 is 3.18. The first kappa shape index (κ1) is 10.6. The third kappa shape index (κ3) is 1.79. The van der Waals surface area contributed by atoms with Crippen LogP contribution in [0.2, 0.25) is 0 Å². The van der Waals surface area contributed by atoms with Crippen LogP contribution in [0.25, 0.3) is 11.0 Å². The number of halogens is 1. The summed E-state index contributed by atoms with van der Waals surface area (Å²) in [6.45, 7) is 2.72. The van der Waals surface area contributed by atoms with Crippen molar-refractivity contribution < 1.29 is 0 Å². The molecule has 0 bridgehead atoms. The first-order chi connectivity index (χ1) is 7.13. The average molecular weight is 268 g/mol. The number of aryl methyl sites for hydroxylation is 1. The topological polar surface area (TPSA) is 43.8 Å².